The first-order chi connectivity index (χ1) is 11.9. The number of carbonyl (C=O) groups is 1. The molecule has 1 heterocycles. The topological polar surface area (TPSA) is 85.0 Å². The summed E-state index contributed by atoms with van der Waals surface area (Å²) in [6.07, 6.45) is 0.682. The largest absolute Gasteiger partial charge is 0.545 e. The number of benzene rings is 2. The minimum atomic E-state index is -1.82. The molecule has 1 aromatic heterocycles. The number of aromatic amines is 1. The summed E-state index contributed by atoms with van der Waals surface area (Å²) in [5.41, 5.74) is -2.57. The van der Waals surface area contributed by atoms with Crippen molar-refractivity contribution >= 4 is 22.6 Å². The summed E-state index contributed by atoms with van der Waals surface area (Å²) in [4.78, 5) is 25.4. The van der Waals surface area contributed by atoms with Gasteiger partial charge in [0.05, 0.1) is 28.1 Å². The number of aromatic carboxylic acids is 1. The van der Waals surface area contributed by atoms with Crippen molar-refractivity contribution in [3.63, 3.8) is 0 Å². The second-order valence-corrected chi connectivity index (χ2v) is 5.23. The molecule has 0 saturated heterocycles. The minimum Gasteiger partial charge on any atom is -0.545 e. The third-order valence-corrected chi connectivity index (χ3v) is 3.69. The van der Waals surface area contributed by atoms with Crippen LogP contribution in [0.2, 0.25) is 0 Å². The van der Waals surface area contributed by atoms with Gasteiger partial charge in [0, 0.05) is 12.7 Å². The lowest BCUT2D eigenvalue weighted by Crippen LogP contribution is -2.29. The number of aromatic nitrogens is 1. The fourth-order valence-corrected chi connectivity index (χ4v) is 2.47. The molecule has 0 unspecified atom stereocenters. The number of halogens is 3. The number of pyridine rings is 1. The number of nitrogens with one attached hydrogen (secondary N) is 2. The second kappa shape index (κ2) is 6.31. The molecule has 0 aliphatic rings. The first-order valence-electron chi connectivity index (χ1n) is 7.12. The van der Waals surface area contributed by atoms with E-state index in [1.165, 1.54) is 0 Å². The Balaban J connectivity index is 2.23. The van der Waals surface area contributed by atoms with Gasteiger partial charge in [0.25, 0.3) is 0 Å². The molecule has 128 valence electrons. The van der Waals surface area contributed by atoms with Crippen LogP contribution in [0.4, 0.5) is 18.9 Å². The Kier molecular flexibility index (Phi) is 4.18. The molecule has 0 aliphatic heterocycles. The van der Waals surface area contributed by atoms with Crippen molar-refractivity contribution in [1.82, 2.24) is 4.98 Å². The van der Waals surface area contributed by atoms with E-state index in [1.807, 2.05) is 0 Å². The zero-order chi connectivity index (χ0) is 18.1. The summed E-state index contributed by atoms with van der Waals surface area (Å²) in [5, 5.41) is 12.9. The maximum atomic E-state index is 14.2. The molecule has 25 heavy (non-hydrogen) atoms. The van der Waals surface area contributed by atoms with Gasteiger partial charge in [0.2, 0.25) is 5.43 Å². The van der Waals surface area contributed by atoms with E-state index >= 15 is 0 Å². The van der Waals surface area contributed by atoms with Crippen LogP contribution in [0.25, 0.3) is 10.9 Å². The van der Waals surface area contributed by atoms with Gasteiger partial charge in [-0.25, -0.2) is 13.2 Å². The minimum absolute atomic E-state index is 0.00687. The SMILES string of the molecule is O=C([O-])c1c[nH]c2c(F)c(F)c(F)c(NCc3ccccc3)c2c1=O. The smallest absolute Gasteiger partial charge is 0.200 e. The van der Waals surface area contributed by atoms with E-state index in [9.17, 15) is 27.9 Å². The zero-order valence-electron chi connectivity index (χ0n) is 12.5. The number of carboxylic acid groups (broad SMARTS) is 1. The van der Waals surface area contributed by atoms with Crippen LogP contribution in [0.3, 0.4) is 0 Å². The summed E-state index contributed by atoms with van der Waals surface area (Å²) in [7, 11) is 0. The Hall–Kier alpha value is -3.29. The standard InChI is InChI=1S/C17H11F3N2O3/c18-11-12(19)14(21-6-8-4-2-1-3-5-8)10-15(13(11)20)22-7-9(16(10)23)17(24)25/h1-5,7,21H,6H2,(H,22,23)(H,24,25)/p-1. The van der Waals surface area contributed by atoms with Crippen molar-refractivity contribution in [3.05, 3.63) is 75.3 Å². The van der Waals surface area contributed by atoms with Gasteiger partial charge in [-0.3, -0.25) is 4.79 Å². The van der Waals surface area contributed by atoms with Crippen molar-refractivity contribution in [2.45, 2.75) is 6.54 Å². The monoisotopic (exact) mass is 347 g/mol. The molecule has 2 aromatic carbocycles. The molecule has 0 amide bonds. The highest BCUT2D eigenvalue weighted by Crippen LogP contribution is 2.29. The van der Waals surface area contributed by atoms with Crippen molar-refractivity contribution in [2.24, 2.45) is 0 Å². The van der Waals surface area contributed by atoms with Crippen LogP contribution >= 0.6 is 0 Å². The third-order valence-electron chi connectivity index (χ3n) is 3.69. The van der Waals surface area contributed by atoms with E-state index in [4.69, 9.17) is 0 Å². The fourth-order valence-electron chi connectivity index (χ4n) is 2.47. The average molecular weight is 347 g/mol. The van der Waals surface area contributed by atoms with Gasteiger partial charge in [-0.05, 0) is 5.56 Å². The Labute approximate surface area is 138 Å². The van der Waals surface area contributed by atoms with E-state index in [2.05, 4.69) is 10.3 Å². The Morgan fingerprint density at radius 1 is 1.08 bits per heavy atom. The summed E-state index contributed by atoms with van der Waals surface area (Å²) < 4.78 is 42.0. The summed E-state index contributed by atoms with van der Waals surface area (Å²) in [6.45, 7) is 0.00687. The fraction of sp³-hybridized carbons (Fsp3) is 0.0588. The molecule has 5 nitrogen and oxygen atoms in total. The molecule has 0 aliphatic carbocycles. The quantitative estimate of drug-likeness (QED) is 0.706. The third kappa shape index (κ3) is 2.82. The zero-order valence-corrected chi connectivity index (χ0v) is 12.5. The van der Waals surface area contributed by atoms with Crippen LogP contribution in [0.1, 0.15) is 15.9 Å². The van der Waals surface area contributed by atoms with Gasteiger partial charge in [-0.2, -0.15) is 0 Å². The van der Waals surface area contributed by atoms with Crippen LogP contribution in [0.5, 0.6) is 0 Å². The number of fused-ring (bicyclic) bond motifs is 1. The van der Waals surface area contributed by atoms with Gasteiger partial charge in [-0.1, -0.05) is 30.3 Å². The average Bonchev–Trinajstić information content (AvgIpc) is 2.60. The number of H-pyrrole nitrogens is 1. The van der Waals surface area contributed by atoms with Gasteiger partial charge in [-0.15, -0.1) is 0 Å². The molecule has 3 rings (SSSR count). The second-order valence-electron chi connectivity index (χ2n) is 5.23. The first-order valence-corrected chi connectivity index (χ1v) is 7.12. The molecule has 2 N–H and O–H groups in total. The summed E-state index contributed by atoms with van der Waals surface area (Å²) in [6, 6.07) is 8.59. The Morgan fingerprint density at radius 2 is 1.76 bits per heavy atom. The predicted octanol–water partition coefficient (Wildman–Crippen LogP) is 1.92. The lowest BCUT2D eigenvalue weighted by molar-refractivity contribution is -0.255. The molecular weight excluding hydrogens is 337 g/mol. The lowest BCUT2D eigenvalue weighted by Gasteiger charge is -2.13. The van der Waals surface area contributed by atoms with Crippen molar-refractivity contribution in [1.29, 1.82) is 0 Å². The first kappa shape index (κ1) is 16.6. The number of carboxylic acids is 1. The van der Waals surface area contributed by atoms with E-state index < -0.39 is 51.0 Å². The molecule has 8 heteroatoms. The van der Waals surface area contributed by atoms with E-state index in [0.29, 0.717) is 11.8 Å². The van der Waals surface area contributed by atoms with Crippen molar-refractivity contribution in [2.75, 3.05) is 5.32 Å². The molecule has 0 atom stereocenters. The lowest BCUT2D eigenvalue weighted by atomic mass is 10.1. The highest BCUT2D eigenvalue weighted by Gasteiger charge is 2.23. The molecular formula is C17H10F3N2O3-. The highest BCUT2D eigenvalue weighted by atomic mass is 19.2. The van der Waals surface area contributed by atoms with Crippen LogP contribution in [0, 0.1) is 17.5 Å². The van der Waals surface area contributed by atoms with Crippen LogP contribution < -0.4 is 15.9 Å². The van der Waals surface area contributed by atoms with E-state index in [0.717, 1.165) is 0 Å². The maximum Gasteiger partial charge on any atom is 0.200 e. The predicted molar refractivity (Wildman–Crippen MR) is 82.5 cm³/mol. The van der Waals surface area contributed by atoms with Gasteiger partial charge in [0.15, 0.2) is 17.5 Å². The van der Waals surface area contributed by atoms with Gasteiger partial charge in [0.1, 0.15) is 0 Å². The summed E-state index contributed by atoms with van der Waals surface area (Å²) >= 11 is 0. The molecule has 0 bridgehead atoms. The normalized spacial score (nSPS) is 10.8. The van der Waals surface area contributed by atoms with E-state index in [-0.39, 0.29) is 6.54 Å². The summed E-state index contributed by atoms with van der Waals surface area (Å²) in [5.74, 6) is -6.82. The molecule has 3 aromatic rings. The van der Waals surface area contributed by atoms with E-state index in [1.54, 1.807) is 30.3 Å². The van der Waals surface area contributed by atoms with Gasteiger partial charge < -0.3 is 20.2 Å². The number of hydrogen-bond donors (Lipinski definition) is 2. The number of hydrogen-bond acceptors (Lipinski definition) is 4. The number of anilines is 1. The molecule has 0 fully saturated rings. The Morgan fingerprint density at radius 3 is 2.40 bits per heavy atom. The molecule has 0 spiro atoms. The van der Waals surface area contributed by atoms with Crippen LogP contribution in [-0.4, -0.2) is 11.0 Å². The maximum absolute atomic E-state index is 14.2. The molecule has 0 radical (unpaired) electrons. The van der Waals surface area contributed by atoms with Crippen LogP contribution in [0.15, 0.2) is 41.3 Å². The van der Waals surface area contributed by atoms with Crippen molar-refractivity contribution < 1.29 is 23.1 Å². The Bertz CT molecular complexity index is 1030. The molecule has 0 saturated carbocycles. The number of carbonyl (C=O) groups excluding carboxylic acids is 1. The highest BCUT2D eigenvalue weighted by molar-refractivity contribution is 5.97. The van der Waals surface area contributed by atoms with Crippen molar-refractivity contribution in [3.8, 4) is 0 Å². The van der Waals surface area contributed by atoms with Crippen LogP contribution in [-0.2, 0) is 6.54 Å². The number of rotatable bonds is 4. The van der Waals surface area contributed by atoms with Gasteiger partial charge >= 0.3 is 0 Å².